The Balaban J connectivity index is 1.96. The van der Waals surface area contributed by atoms with E-state index in [-0.39, 0.29) is 6.61 Å². The topological polar surface area (TPSA) is 62.1 Å². The van der Waals surface area contributed by atoms with Gasteiger partial charge in [0, 0.05) is 54.8 Å². The molecule has 3 heterocycles. The summed E-state index contributed by atoms with van der Waals surface area (Å²) in [6, 6.07) is 3.83. The Hall–Kier alpha value is -2.01. The summed E-state index contributed by atoms with van der Waals surface area (Å²) in [5.41, 5.74) is 3.08. The summed E-state index contributed by atoms with van der Waals surface area (Å²) in [6.07, 6.45) is 3.50. The molecule has 20 heavy (non-hydrogen) atoms. The number of hydrogen-bond donors (Lipinski definition) is 1. The van der Waals surface area contributed by atoms with Gasteiger partial charge in [-0.2, -0.15) is 0 Å². The van der Waals surface area contributed by atoms with Crippen molar-refractivity contribution in [2.75, 3.05) is 24.6 Å². The summed E-state index contributed by atoms with van der Waals surface area (Å²) in [6.45, 7) is 6.03. The number of hydrogen-bond acceptors (Lipinski definition) is 5. The minimum atomic E-state index is 0.247. The Morgan fingerprint density at radius 3 is 2.55 bits per heavy atom. The minimum Gasteiger partial charge on any atom is -0.396 e. The van der Waals surface area contributed by atoms with Crippen LogP contribution in [0.1, 0.15) is 11.3 Å². The predicted molar refractivity (Wildman–Crippen MR) is 77.5 cm³/mol. The average Bonchev–Trinajstić information content (AvgIpc) is 2.43. The third-order valence-corrected chi connectivity index (χ3v) is 3.82. The Bertz CT molecular complexity index is 609. The first-order chi connectivity index (χ1) is 9.69. The molecule has 0 aromatic carbocycles. The maximum Gasteiger partial charge on any atom is 0.161 e. The Morgan fingerprint density at radius 1 is 1.20 bits per heavy atom. The molecule has 1 aliphatic rings. The maximum atomic E-state index is 9.14. The molecule has 0 saturated carbocycles. The second-order valence-corrected chi connectivity index (χ2v) is 5.27. The molecule has 2 aromatic rings. The van der Waals surface area contributed by atoms with Crippen LogP contribution in [0.5, 0.6) is 0 Å². The molecule has 1 N–H and O–H groups in total. The van der Waals surface area contributed by atoms with Crippen LogP contribution < -0.4 is 4.90 Å². The zero-order valence-corrected chi connectivity index (χ0v) is 11.7. The van der Waals surface area contributed by atoms with Gasteiger partial charge in [0.15, 0.2) is 5.82 Å². The molecule has 3 rings (SSSR count). The minimum absolute atomic E-state index is 0.247. The van der Waals surface area contributed by atoms with Gasteiger partial charge in [0.05, 0.1) is 0 Å². The zero-order chi connectivity index (χ0) is 14.1. The van der Waals surface area contributed by atoms with E-state index in [0.717, 1.165) is 41.6 Å². The molecule has 5 heteroatoms. The van der Waals surface area contributed by atoms with E-state index >= 15 is 0 Å². The highest BCUT2D eigenvalue weighted by Crippen LogP contribution is 2.29. The first kappa shape index (κ1) is 13.0. The van der Waals surface area contributed by atoms with E-state index < -0.39 is 0 Å². The van der Waals surface area contributed by atoms with Crippen LogP contribution >= 0.6 is 0 Å². The maximum absolute atomic E-state index is 9.14. The second kappa shape index (κ2) is 5.17. The summed E-state index contributed by atoms with van der Waals surface area (Å²) >= 11 is 0. The number of pyridine rings is 1. The molecule has 0 amide bonds. The molecule has 0 radical (unpaired) electrons. The lowest BCUT2D eigenvalue weighted by molar-refractivity contribution is 0.200. The highest BCUT2D eigenvalue weighted by atomic mass is 16.3. The van der Waals surface area contributed by atoms with Crippen molar-refractivity contribution < 1.29 is 5.11 Å². The number of aromatic nitrogens is 3. The van der Waals surface area contributed by atoms with Gasteiger partial charge in [-0.25, -0.2) is 9.97 Å². The highest BCUT2D eigenvalue weighted by molar-refractivity contribution is 5.60. The van der Waals surface area contributed by atoms with Crippen LogP contribution in [0.25, 0.3) is 11.4 Å². The Labute approximate surface area is 118 Å². The standard InChI is InChI=1S/C15H18N4O/c1-10-11(2)17-14(13-3-5-16-6-4-13)18-15(10)19-7-12(8-19)9-20/h3-6,12,20H,7-9H2,1-2H3. The largest absolute Gasteiger partial charge is 0.396 e. The highest BCUT2D eigenvalue weighted by Gasteiger charge is 2.29. The van der Waals surface area contributed by atoms with Gasteiger partial charge in [0.25, 0.3) is 0 Å². The van der Waals surface area contributed by atoms with Gasteiger partial charge >= 0.3 is 0 Å². The van der Waals surface area contributed by atoms with E-state index in [4.69, 9.17) is 10.1 Å². The fourth-order valence-electron chi connectivity index (χ4n) is 2.41. The number of aryl methyl sites for hydroxylation is 1. The van der Waals surface area contributed by atoms with Crippen LogP contribution in [-0.2, 0) is 0 Å². The van der Waals surface area contributed by atoms with Crippen LogP contribution in [0.3, 0.4) is 0 Å². The SMILES string of the molecule is Cc1nc(-c2ccncc2)nc(N2CC(CO)C2)c1C. The third kappa shape index (κ3) is 2.25. The molecule has 1 saturated heterocycles. The van der Waals surface area contributed by atoms with Crippen molar-refractivity contribution in [1.82, 2.24) is 15.0 Å². The summed E-state index contributed by atoms with van der Waals surface area (Å²) < 4.78 is 0. The van der Waals surface area contributed by atoms with Gasteiger partial charge in [-0.1, -0.05) is 0 Å². The Kier molecular flexibility index (Phi) is 3.36. The number of aliphatic hydroxyl groups excluding tert-OH is 1. The summed E-state index contributed by atoms with van der Waals surface area (Å²) in [7, 11) is 0. The fourth-order valence-corrected chi connectivity index (χ4v) is 2.41. The molecular weight excluding hydrogens is 252 g/mol. The van der Waals surface area contributed by atoms with Gasteiger partial charge < -0.3 is 10.0 Å². The van der Waals surface area contributed by atoms with Crippen molar-refractivity contribution in [2.24, 2.45) is 5.92 Å². The van der Waals surface area contributed by atoms with Gasteiger partial charge in [0.1, 0.15) is 5.82 Å². The van der Waals surface area contributed by atoms with Crippen molar-refractivity contribution in [1.29, 1.82) is 0 Å². The molecule has 1 fully saturated rings. The number of aliphatic hydroxyl groups is 1. The molecule has 0 aliphatic carbocycles. The molecule has 2 aromatic heterocycles. The van der Waals surface area contributed by atoms with Crippen LogP contribution in [0.2, 0.25) is 0 Å². The van der Waals surface area contributed by atoms with E-state index in [1.54, 1.807) is 12.4 Å². The van der Waals surface area contributed by atoms with Gasteiger partial charge in [-0.3, -0.25) is 4.98 Å². The number of nitrogens with zero attached hydrogens (tertiary/aromatic N) is 4. The summed E-state index contributed by atoms with van der Waals surface area (Å²) in [4.78, 5) is 15.5. The fraction of sp³-hybridized carbons (Fsp3) is 0.400. The first-order valence-corrected chi connectivity index (χ1v) is 6.80. The van der Waals surface area contributed by atoms with Gasteiger partial charge in [-0.05, 0) is 26.0 Å². The molecule has 0 atom stereocenters. The lowest BCUT2D eigenvalue weighted by Crippen LogP contribution is -2.49. The van der Waals surface area contributed by atoms with E-state index in [9.17, 15) is 0 Å². The van der Waals surface area contributed by atoms with Gasteiger partial charge in [0.2, 0.25) is 0 Å². The molecule has 0 bridgehead atoms. The molecule has 104 valence electrons. The lowest BCUT2D eigenvalue weighted by atomic mass is 10.0. The van der Waals surface area contributed by atoms with Crippen LogP contribution in [0.4, 0.5) is 5.82 Å². The lowest BCUT2D eigenvalue weighted by Gasteiger charge is -2.40. The molecular formula is C15H18N4O. The second-order valence-electron chi connectivity index (χ2n) is 5.27. The van der Waals surface area contributed by atoms with Gasteiger partial charge in [-0.15, -0.1) is 0 Å². The van der Waals surface area contributed by atoms with Crippen molar-refractivity contribution in [3.8, 4) is 11.4 Å². The summed E-state index contributed by atoms with van der Waals surface area (Å²) in [5, 5.41) is 9.14. The number of anilines is 1. The first-order valence-electron chi connectivity index (χ1n) is 6.80. The third-order valence-electron chi connectivity index (χ3n) is 3.82. The molecule has 0 unspecified atom stereocenters. The molecule has 5 nitrogen and oxygen atoms in total. The van der Waals surface area contributed by atoms with Crippen molar-refractivity contribution >= 4 is 5.82 Å². The summed E-state index contributed by atoms with van der Waals surface area (Å²) in [5.74, 6) is 2.08. The van der Waals surface area contributed by atoms with E-state index in [0.29, 0.717) is 5.92 Å². The molecule has 1 aliphatic heterocycles. The van der Waals surface area contributed by atoms with Crippen molar-refractivity contribution in [3.63, 3.8) is 0 Å². The monoisotopic (exact) mass is 270 g/mol. The van der Waals surface area contributed by atoms with E-state index in [2.05, 4.69) is 14.9 Å². The number of rotatable bonds is 3. The molecule has 0 spiro atoms. The quantitative estimate of drug-likeness (QED) is 0.917. The van der Waals surface area contributed by atoms with E-state index in [1.807, 2.05) is 26.0 Å². The van der Waals surface area contributed by atoms with Crippen LogP contribution in [0.15, 0.2) is 24.5 Å². The van der Waals surface area contributed by atoms with Crippen LogP contribution in [0, 0.1) is 19.8 Å². The normalized spacial score (nSPS) is 15.2. The average molecular weight is 270 g/mol. The van der Waals surface area contributed by atoms with E-state index in [1.165, 1.54) is 0 Å². The predicted octanol–water partition coefficient (Wildman–Crippen LogP) is 1.58. The van der Waals surface area contributed by atoms with Crippen molar-refractivity contribution in [3.05, 3.63) is 35.8 Å². The Morgan fingerprint density at radius 2 is 1.90 bits per heavy atom. The smallest absolute Gasteiger partial charge is 0.161 e. The van der Waals surface area contributed by atoms with Crippen LogP contribution in [-0.4, -0.2) is 39.8 Å². The zero-order valence-electron chi connectivity index (χ0n) is 11.7. The van der Waals surface area contributed by atoms with Crippen molar-refractivity contribution in [2.45, 2.75) is 13.8 Å².